The highest BCUT2D eigenvalue weighted by atomic mass is 19.3. The van der Waals surface area contributed by atoms with Crippen LogP contribution in [0.15, 0.2) is 30.3 Å². The van der Waals surface area contributed by atoms with Crippen LogP contribution in [0.25, 0.3) is 0 Å². The second kappa shape index (κ2) is 11.7. The summed E-state index contributed by atoms with van der Waals surface area (Å²) in [7, 11) is 0. The van der Waals surface area contributed by atoms with Crippen LogP contribution in [0.4, 0.5) is 26.3 Å². The molecule has 5 rings (SSSR count). The second-order valence-corrected chi connectivity index (χ2v) is 11.4. The normalized spacial score (nSPS) is 30.2. The van der Waals surface area contributed by atoms with Crippen LogP contribution >= 0.6 is 0 Å². The van der Waals surface area contributed by atoms with Crippen LogP contribution < -0.4 is 4.74 Å². The first-order chi connectivity index (χ1) is 18.6. The standard InChI is InChI=1S/C30H34F6O3/c1-17-15-37-29(38-16-17)20-4-2-18(3-5-20)21-8-11-24(25(31)12-21)19-6-9-22(10-7-19)30(35,36)39-23-13-26(32)28(34)27(33)14-23/h8,11-14,17-20,22,29H,2-7,9-10,15-16H2,1H3. The number of halogens is 6. The minimum absolute atomic E-state index is 0.0547. The highest BCUT2D eigenvalue weighted by molar-refractivity contribution is 5.30. The van der Waals surface area contributed by atoms with Crippen LogP contribution in [0.1, 0.15) is 81.3 Å². The third kappa shape index (κ3) is 6.40. The molecule has 3 nitrogen and oxygen atoms in total. The average Bonchev–Trinajstić information content (AvgIpc) is 2.92. The number of benzene rings is 2. The Kier molecular flexibility index (Phi) is 8.48. The van der Waals surface area contributed by atoms with E-state index in [4.69, 9.17) is 9.47 Å². The third-order valence-corrected chi connectivity index (χ3v) is 8.60. The van der Waals surface area contributed by atoms with Crippen LogP contribution in [0.5, 0.6) is 5.75 Å². The Morgan fingerprint density at radius 3 is 1.92 bits per heavy atom. The highest BCUT2D eigenvalue weighted by Gasteiger charge is 2.44. The summed E-state index contributed by atoms with van der Waals surface area (Å²) >= 11 is 0. The molecular formula is C30H34F6O3. The van der Waals surface area contributed by atoms with Gasteiger partial charge in [0.05, 0.1) is 19.1 Å². The molecule has 2 aliphatic carbocycles. The zero-order valence-corrected chi connectivity index (χ0v) is 21.9. The molecule has 1 saturated heterocycles. The Labute approximate surface area is 224 Å². The Morgan fingerprint density at radius 1 is 0.744 bits per heavy atom. The van der Waals surface area contributed by atoms with Crippen molar-refractivity contribution in [2.45, 2.75) is 82.5 Å². The lowest BCUT2D eigenvalue weighted by molar-refractivity contribution is -0.226. The molecule has 3 aliphatic rings. The highest BCUT2D eigenvalue weighted by Crippen LogP contribution is 2.45. The van der Waals surface area contributed by atoms with E-state index in [-0.39, 0.29) is 36.8 Å². The van der Waals surface area contributed by atoms with Crippen LogP contribution in [0.3, 0.4) is 0 Å². The van der Waals surface area contributed by atoms with Gasteiger partial charge in [0, 0.05) is 24.0 Å². The molecule has 2 aromatic rings. The van der Waals surface area contributed by atoms with E-state index in [0.29, 0.717) is 42.4 Å². The monoisotopic (exact) mass is 556 g/mol. The van der Waals surface area contributed by atoms with Crippen molar-refractivity contribution in [3.05, 3.63) is 64.7 Å². The Balaban J connectivity index is 1.14. The van der Waals surface area contributed by atoms with Crippen molar-refractivity contribution in [2.24, 2.45) is 17.8 Å². The van der Waals surface area contributed by atoms with Crippen molar-refractivity contribution in [1.29, 1.82) is 0 Å². The van der Waals surface area contributed by atoms with Gasteiger partial charge in [-0.1, -0.05) is 19.1 Å². The molecule has 0 aromatic heterocycles. The molecule has 0 unspecified atom stereocenters. The lowest BCUT2D eigenvalue weighted by Gasteiger charge is -2.37. The van der Waals surface area contributed by atoms with Gasteiger partial charge >= 0.3 is 6.11 Å². The van der Waals surface area contributed by atoms with Gasteiger partial charge in [-0.05, 0) is 80.4 Å². The van der Waals surface area contributed by atoms with Gasteiger partial charge in [0.25, 0.3) is 0 Å². The summed E-state index contributed by atoms with van der Waals surface area (Å²) < 4.78 is 101. The van der Waals surface area contributed by atoms with Crippen LogP contribution in [0.2, 0.25) is 0 Å². The second-order valence-electron chi connectivity index (χ2n) is 11.4. The van der Waals surface area contributed by atoms with Crippen molar-refractivity contribution in [2.75, 3.05) is 13.2 Å². The number of hydrogen-bond acceptors (Lipinski definition) is 3. The van der Waals surface area contributed by atoms with Gasteiger partial charge in [-0.25, -0.2) is 17.6 Å². The van der Waals surface area contributed by atoms with E-state index in [9.17, 15) is 22.0 Å². The topological polar surface area (TPSA) is 27.7 Å². The van der Waals surface area contributed by atoms with Crippen LogP contribution in [-0.4, -0.2) is 25.6 Å². The molecule has 0 N–H and O–H groups in total. The summed E-state index contributed by atoms with van der Waals surface area (Å²) in [6.07, 6.45) is 0.720. The number of rotatable bonds is 6. The fourth-order valence-electron chi connectivity index (χ4n) is 6.31. The van der Waals surface area contributed by atoms with E-state index < -0.39 is 35.2 Å². The lowest BCUT2D eigenvalue weighted by atomic mass is 9.76. The zero-order valence-electron chi connectivity index (χ0n) is 21.9. The molecule has 0 radical (unpaired) electrons. The maximum absolute atomic E-state index is 15.2. The van der Waals surface area contributed by atoms with Crippen molar-refractivity contribution in [3.8, 4) is 5.75 Å². The van der Waals surface area contributed by atoms with Crippen LogP contribution in [-0.2, 0) is 9.47 Å². The van der Waals surface area contributed by atoms with E-state index in [1.807, 2.05) is 6.07 Å². The van der Waals surface area contributed by atoms with Crippen molar-refractivity contribution in [1.82, 2.24) is 0 Å². The Hall–Kier alpha value is -2.26. The van der Waals surface area contributed by atoms with E-state index in [2.05, 4.69) is 11.7 Å². The molecule has 2 saturated carbocycles. The Bertz CT molecular complexity index is 1110. The first kappa shape index (κ1) is 28.3. The van der Waals surface area contributed by atoms with E-state index in [1.165, 1.54) is 0 Å². The summed E-state index contributed by atoms with van der Waals surface area (Å²) in [4.78, 5) is 0. The number of ether oxygens (including phenoxy) is 3. The molecule has 9 heteroatoms. The minimum Gasteiger partial charge on any atom is -0.432 e. The number of alkyl halides is 2. The molecule has 1 heterocycles. The predicted molar refractivity (Wildman–Crippen MR) is 133 cm³/mol. The number of hydrogen-bond donors (Lipinski definition) is 0. The quantitative estimate of drug-likeness (QED) is 0.264. The van der Waals surface area contributed by atoms with Gasteiger partial charge in [0.15, 0.2) is 23.7 Å². The maximum atomic E-state index is 15.2. The fourth-order valence-corrected chi connectivity index (χ4v) is 6.31. The van der Waals surface area contributed by atoms with E-state index in [1.54, 1.807) is 12.1 Å². The molecule has 39 heavy (non-hydrogen) atoms. The first-order valence-electron chi connectivity index (χ1n) is 13.8. The molecule has 0 bridgehead atoms. The Morgan fingerprint density at radius 2 is 1.33 bits per heavy atom. The maximum Gasteiger partial charge on any atom is 0.400 e. The summed E-state index contributed by atoms with van der Waals surface area (Å²) in [6, 6.07) is 6.14. The summed E-state index contributed by atoms with van der Waals surface area (Å²) in [5.41, 5.74) is 1.48. The van der Waals surface area contributed by atoms with Crippen LogP contribution in [0, 0.1) is 41.0 Å². The summed E-state index contributed by atoms with van der Waals surface area (Å²) in [6.45, 7) is 3.54. The van der Waals surface area contributed by atoms with Gasteiger partial charge in [-0.15, -0.1) is 0 Å². The first-order valence-corrected chi connectivity index (χ1v) is 13.8. The predicted octanol–water partition coefficient (Wildman–Crippen LogP) is 8.47. The molecule has 2 aromatic carbocycles. The van der Waals surface area contributed by atoms with Crippen molar-refractivity contribution in [3.63, 3.8) is 0 Å². The molecule has 0 spiro atoms. The van der Waals surface area contributed by atoms with E-state index in [0.717, 1.165) is 44.5 Å². The van der Waals surface area contributed by atoms with Gasteiger partial charge in [0.2, 0.25) is 0 Å². The van der Waals surface area contributed by atoms with E-state index >= 15 is 4.39 Å². The lowest BCUT2D eigenvalue weighted by Crippen LogP contribution is -2.37. The molecular weight excluding hydrogens is 522 g/mol. The molecule has 3 fully saturated rings. The van der Waals surface area contributed by atoms with Gasteiger partial charge in [-0.3, -0.25) is 0 Å². The molecule has 0 atom stereocenters. The van der Waals surface area contributed by atoms with Gasteiger partial charge in [0.1, 0.15) is 11.6 Å². The van der Waals surface area contributed by atoms with Gasteiger partial charge < -0.3 is 14.2 Å². The van der Waals surface area contributed by atoms with Crippen molar-refractivity contribution < 1.29 is 40.6 Å². The summed E-state index contributed by atoms with van der Waals surface area (Å²) in [5.74, 6) is -6.40. The van der Waals surface area contributed by atoms with Crippen molar-refractivity contribution >= 4 is 0 Å². The third-order valence-electron chi connectivity index (χ3n) is 8.60. The molecule has 0 amide bonds. The smallest absolute Gasteiger partial charge is 0.400 e. The average molecular weight is 557 g/mol. The fraction of sp³-hybridized carbons (Fsp3) is 0.600. The van der Waals surface area contributed by atoms with Gasteiger partial charge in [-0.2, -0.15) is 8.78 Å². The largest absolute Gasteiger partial charge is 0.432 e. The minimum atomic E-state index is -3.70. The molecule has 214 valence electrons. The summed E-state index contributed by atoms with van der Waals surface area (Å²) in [5, 5.41) is 0. The SMILES string of the molecule is CC1COC(C2CCC(c3ccc(C4CCC(C(F)(F)Oc5cc(F)c(F)c(F)c5)CC4)c(F)c3)CC2)OC1. The zero-order chi connectivity index (χ0) is 27.7. The molecule has 1 aliphatic heterocycles.